The Morgan fingerprint density at radius 1 is 1.21 bits per heavy atom. The van der Waals surface area contributed by atoms with E-state index < -0.39 is 9.84 Å². The van der Waals surface area contributed by atoms with Gasteiger partial charge in [0.05, 0.1) is 17.6 Å². The Morgan fingerprint density at radius 2 is 1.83 bits per heavy atom. The first-order chi connectivity index (χ1) is 11.2. The number of aliphatic hydroxyl groups excluding tert-OH is 1. The molecule has 24 heavy (non-hydrogen) atoms. The number of thiol groups is 1. The highest BCUT2D eigenvalue weighted by molar-refractivity contribution is 7.91. The molecule has 2 heterocycles. The van der Waals surface area contributed by atoms with Gasteiger partial charge in [0.15, 0.2) is 9.84 Å². The van der Waals surface area contributed by atoms with Gasteiger partial charge in [-0.3, -0.25) is 14.7 Å². The third-order valence-electron chi connectivity index (χ3n) is 5.57. The van der Waals surface area contributed by atoms with Crippen molar-refractivity contribution >= 4 is 22.5 Å². The second-order valence-corrected chi connectivity index (χ2v) is 10.4. The molecule has 2 rings (SSSR count). The molecule has 2 aliphatic rings. The molecular weight excluding hydrogens is 346 g/mol. The smallest absolute Gasteiger partial charge is 0.152 e. The van der Waals surface area contributed by atoms with Gasteiger partial charge in [-0.2, -0.15) is 12.6 Å². The summed E-state index contributed by atoms with van der Waals surface area (Å²) in [5.41, 5.74) is 0. The molecule has 0 amide bonds. The summed E-state index contributed by atoms with van der Waals surface area (Å²) in [5, 5.41) is 10.6. The van der Waals surface area contributed by atoms with Gasteiger partial charge in [-0.15, -0.1) is 0 Å². The molecule has 1 N–H and O–H groups in total. The largest absolute Gasteiger partial charge is 0.391 e. The average molecular weight is 380 g/mol. The van der Waals surface area contributed by atoms with Gasteiger partial charge in [0.1, 0.15) is 0 Å². The van der Waals surface area contributed by atoms with Crippen molar-refractivity contribution in [2.75, 3.05) is 51.3 Å². The molecule has 8 heteroatoms. The minimum atomic E-state index is -2.82. The van der Waals surface area contributed by atoms with Crippen LogP contribution in [-0.2, 0) is 9.84 Å². The highest BCUT2D eigenvalue weighted by Crippen LogP contribution is 2.20. The number of aliphatic hydroxyl groups is 1. The summed E-state index contributed by atoms with van der Waals surface area (Å²) < 4.78 is 23.1. The van der Waals surface area contributed by atoms with E-state index in [1.807, 2.05) is 0 Å². The zero-order valence-electron chi connectivity index (χ0n) is 15.1. The molecule has 2 aliphatic heterocycles. The van der Waals surface area contributed by atoms with Gasteiger partial charge in [-0.25, -0.2) is 8.42 Å². The van der Waals surface area contributed by atoms with Crippen molar-refractivity contribution in [2.24, 2.45) is 0 Å². The maximum absolute atomic E-state index is 11.5. The first-order valence-corrected chi connectivity index (χ1v) is 11.3. The molecule has 0 aromatic carbocycles. The zero-order chi connectivity index (χ0) is 17.9. The van der Waals surface area contributed by atoms with Crippen LogP contribution in [0.2, 0.25) is 0 Å². The van der Waals surface area contributed by atoms with Gasteiger partial charge in [0, 0.05) is 43.6 Å². The highest BCUT2D eigenvalue weighted by atomic mass is 32.2. The lowest BCUT2D eigenvalue weighted by molar-refractivity contribution is -0.00570. The van der Waals surface area contributed by atoms with E-state index in [2.05, 4.69) is 48.2 Å². The van der Waals surface area contributed by atoms with Crippen molar-refractivity contribution < 1.29 is 13.5 Å². The summed E-state index contributed by atoms with van der Waals surface area (Å²) in [6.07, 6.45) is 1.49. The molecule has 0 bridgehead atoms. The first kappa shape index (κ1) is 20.5. The minimum Gasteiger partial charge on any atom is -0.391 e. The highest BCUT2D eigenvalue weighted by Gasteiger charge is 2.32. The van der Waals surface area contributed by atoms with E-state index in [0.717, 1.165) is 32.5 Å². The van der Waals surface area contributed by atoms with Crippen LogP contribution in [0.25, 0.3) is 0 Å². The summed E-state index contributed by atoms with van der Waals surface area (Å²) in [6.45, 7) is 8.18. The van der Waals surface area contributed by atoms with E-state index in [4.69, 9.17) is 0 Å². The van der Waals surface area contributed by atoms with Crippen molar-refractivity contribution in [1.29, 1.82) is 0 Å². The van der Waals surface area contributed by atoms with Crippen LogP contribution in [0.3, 0.4) is 0 Å². The van der Waals surface area contributed by atoms with E-state index in [9.17, 15) is 13.5 Å². The Hall–Kier alpha value is 0.140. The monoisotopic (exact) mass is 379 g/mol. The van der Waals surface area contributed by atoms with Crippen LogP contribution in [0.1, 0.15) is 26.7 Å². The van der Waals surface area contributed by atoms with Crippen LogP contribution in [0, 0.1) is 0 Å². The molecule has 4 atom stereocenters. The minimum absolute atomic E-state index is 0.141. The Balaban J connectivity index is 1.80. The molecule has 0 spiro atoms. The number of piperidine rings is 1. The van der Waals surface area contributed by atoms with Crippen molar-refractivity contribution in [3.63, 3.8) is 0 Å². The molecule has 0 aromatic heterocycles. The molecule has 2 fully saturated rings. The normalized spacial score (nSPS) is 31.9. The van der Waals surface area contributed by atoms with Gasteiger partial charge in [-0.1, -0.05) is 0 Å². The Bertz CT molecular complexity index is 487. The van der Waals surface area contributed by atoms with Crippen molar-refractivity contribution in [3.8, 4) is 0 Å². The summed E-state index contributed by atoms with van der Waals surface area (Å²) in [4.78, 5) is 6.83. The molecule has 0 radical (unpaired) electrons. The summed E-state index contributed by atoms with van der Waals surface area (Å²) in [5.74, 6) is 0.562. The number of hydrogen-bond acceptors (Lipinski definition) is 7. The van der Waals surface area contributed by atoms with Crippen LogP contribution in [-0.4, -0.2) is 103 Å². The molecule has 0 saturated carbocycles. The molecule has 142 valence electrons. The number of likely N-dealkylation sites (tertiary alicyclic amines) is 1. The van der Waals surface area contributed by atoms with E-state index >= 15 is 0 Å². The second kappa shape index (κ2) is 8.68. The van der Waals surface area contributed by atoms with Crippen LogP contribution < -0.4 is 0 Å². The number of likely N-dealkylation sites (N-methyl/N-ethyl adjacent to an activating group) is 1. The van der Waals surface area contributed by atoms with Crippen LogP contribution in [0.4, 0.5) is 0 Å². The van der Waals surface area contributed by atoms with Crippen LogP contribution >= 0.6 is 12.6 Å². The quantitative estimate of drug-likeness (QED) is 0.640. The standard InChI is InChI=1S/C16H33N3O3S2/c1-13(18-8-10-24(21,22)11-9-18)4-6-17(3)15-12-19(14(2)23)7-5-16(15)20/h13-16,20,23H,4-12H2,1-3H3. The van der Waals surface area contributed by atoms with Gasteiger partial charge in [-0.05, 0) is 40.3 Å². The average Bonchev–Trinajstić information content (AvgIpc) is 2.52. The topological polar surface area (TPSA) is 64.1 Å². The van der Waals surface area contributed by atoms with Crippen LogP contribution in [0.5, 0.6) is 0 Å². The molecular formula is C16H33N3O3S2. The first-order valence-electron chi connectivity index (χ1n) is 8.94. The summed E-state index contributed by atoms with van der Waals surface area (Å²) in [6, 6.07) is 0.505. The molecule has 4 unspecified atom stereocenters. The van der Waals surface area contributed by atoms with Gasteiger partial charge >= 0.3 is 0 Å². The Kier molecular flexibility index (Phi) is 7.40. The SMILES string of the molecule is CC(S)N1CCC(O)C(N(C)CCC(C)N2CCS(=O)(=O)CC2)C1. The fraction of sp³-hybridized carbons (Fsp3) is 1.00. The lowest BCUT2D eigenvalue weighted by Gasteiger charge is -2.42. The van der Waals surface area contributed by atoms with E-state index in [-0.39, 0.29) is 29.0 Å². The lowest BCUT2D eigenvalue weighted by atomic mass is 10.0. The number of nitrogens with zero attached hydrogens (tertiary/aromatic N) is 3. The van der Waals surface area contributed by atoms with Gasteiger partial charge in [0.25, 0.3) is 0 Å². The van der Waals surface area contributed by atoms with E-state index in [0.29, 0.717) is 19.1 Å². The van der Waals surface area contributed by atoms with Gasteiger partial charge < -0.3 is 5.11 Å². The molecule has 6 nitrogen and oxygen atoms in total. The third kappa shape index (κ3) is 5.57. The van der Waals surface area contributed by atoms with Crippen molar-refractivity contribution in [3.05, 3.63) is 0 Å². The van der Waals surface area contributed by atoms with E-state index in [1.54, 1.807) is 0 Å². The number of sulfone groups is 1. The zero-order valence-corrected chi connectivity index (χ0v) is 16.8. The molecule has 0 aromatic rings. The Labute approximate surface area is 152 Å². The summed E-state index contributed by atoms with van der Waals surface area (Å²) >= 11 is 4.52. The predicted octanol–water partition coefficient (Wildman–Crippen LogP) is 0.138. The summed E-state index contributed by atoms with van der Waals surface area (Å²) in [7, 11) is -0.740. The fourth-order valence-corrected chi connectivity index (χ4v) is 5.06. The third-order valence-corrected chi connectivity index (χ3v) is 7.51. The maximum atomic E-state index is 11.5. The lowest BCUT2D eigenvalue weighted by Crippen LogP contribution is -2.56. The van der Waals surface area contributed by atoms with Gasteiger partial charge in [0.2, 0.25) is 0 Å². The predicted molar refractivity (Wildman–Crippen MR) is 101 cm³/mol. The molecule has 2 saturated heterocycles. The van der Waals surface area contributed by atoms with E-state index in [1.165, 1.54) is 0 Å². The number of rotatable bonds is 6. The fourth-order valence-electron chi connectivity index (χ4n) is 3.62. The second-order valence-electron chi connectivity index (χ2n) is 7.36. The van der Waals surface area contributed by atoms with Crippen molar-refractivity contribution in [2.45, 2.75) is 50.3 Å². The number of hydrogen-bond donors (Lipinski definition) is 2. The molecule has 0 aliphatic carbocycles. The maximum Gasteiger partial charge on any atom is 0.152 e. The van der Waals surface area contributed by atoms with Crippen LogP contribution in [0.15, 0.2) is 0 Å². The Morgan fingerprint density at radius 3 is 2.42 bits per heavy atom. The van der Waals surface area contributed by atoms with Crippen molar-refractivity contribution in [1.82, 2.24) is 14.7 Å².